The van der Waals surface area contributed by atoms with Crippen LogP contribution in [0.3, 0.4) is 0 Å². The van der Waals surface area contributed by atoms with E-state index in [0.717, 1.165) is 11.3 Å². The molecular weight excluding hydrogens is 226 g/mol. The number of phenolic OH excluding ortho intramolecular Hbond substituents is 1. The molecule has 72 valence electrons. The zero-order chi connectivity index (χ0) is 10.3. The highest BCUT2D eigenvalue weighted by atomic mass is 35.5. The van der Waals surface area contributed by atoms with Crippen LogP contribution in [0.5, 0.6) is 5.75 Å². The molecule has 0 fully saturated rings. The first kappa shape index (κ1) is 9.23. The Balaban J connectivity index is 2.83. The molecule has 0 aliphatic heterocycles. The first-order valence-corrected chi connectivity index (χ1v) is 4.90. The highest BCUT2D eigenvalue weighted by Gasteiger charge is 2.17. The number of phenols is 1. The Morgan fingerprint density at radius 1 is 1.50 bits per heavy atom. The summed E-state index contributed by atoms with van der Waals surface area (Å²) in [5.74, 6) is -0.0951. The van der Waals surface area contributed by atoms with Crippen LogP contribution >= 0.6 is 22.9 Å². The highest BCUT2D eigenvalue weighted by molar-refractivity contribution is 7.18. The predicted octanol–water partition coefficient (Wildman–Crippen LogP) is 3.17. The molecule has 0 saturated carbocycles. The molecule has 0 atom stereocenters. The smallest absolute Gasteiger partial charge is 0.287 e. The average molecular weight is 230 g/mol. The van der Waals surface area contributed by atoms with Gasteiger partial charge in [0, 0.05) is 0 Å². The van der Waals surface area contributed by atoms with E-state index in [9.17, 15) is 15.2 Å². The summed E-state index contributed by atoms with van der Waals surface area (Å²) >= 11 is 6.77. The highest BCUT2D eigenvalue weighted by Crippen LogP contribution is 2.40. The molecule has 2 aromatic rings. The van der Waals surface area contributed by atoms with Crippen molar-refractivity contribution in [3.63, 3.8) is 0 Å². The minimum absolute atomic E-state index is 0.00281. The molecule has 1 aromatic heterocycles. The van der Waals surface area contributed by atoms with Crippen LogP contribution in [0.4, 0.5) is 5.69 Å². The maximum absolute atomic E-state index is 10.6. The van der Waals surface area contributed by atoms with Crippen LogP contribution in [0, 0.1) is 10.1 Å². The van der Waals surface area contributed by atoms with Crippen LogP contribution in [0.15, 0.2) is 17.5 Å². The van der Waals surface area contributed by atoms with Gasteiger partial charge in [-0.2, -0.15) is 0 Å². The van der Waals surface area contributed by atoms with Crippen molar-refractivity contribution in [2.75, 3.05) is 0 Å². The summed E-state index contributed by atoms with van der Waals surface area (Å²) in [4.78, 5) is 10.1. The third kappa shape index (κ3) is 1.21. The lowest BCUT2D eigenvalue weighted by molar-refractivity contribution is -0.382. The molecule has 14 heavy (non-hydrogen) atoms. The monoisotopic (exact) mass is 229 g/mol. The quantitative estimate of drug-likeness (QED) is 0.603. The molecule has 4 nitrogen and oxygen atoms in total. The van der Waals surface area contributed by atoms with Crippen molar-refractivity contribution < 1.29 is 10.0 Å². The van der Waals surface area contributed by atoms with Gasteiger partial charge in [-0.25, -0.2) is 0 Å². The Labute approximate surface area is 87.5 Å². The predicted molar refractivity (Wildman–Crippen MR) is 55.2 cm³/mol. The van der Waals surface area contributed by atoms with Crippen molar-refractivity contribution in [3.05, 3.63) is 32.6 Å². The molecule has 0 saturated heterocycles. The van der Waals surface area contributed by atoms with Crippen LogP contribution in [0.1, 0.15) is 0 Å². The Morgan fingerprint density at radius 3 is 2.86 bits per heavy atom. The summed E-state index contributed by atoms with van der Waals surface area (Å²) in [6.45, 7) is 0. The van der Waals surface area contributed by atoms with Gasteiger partial charge in [0.1, 0.15) is 0 Å². The molecule has 2 rings (SSSR count). The minimum atomic E-state index is -0.480. The number of fused-ring (bicyclic) bond motifs is 1. The Hall–Kier alpha value is -1.33. The summed E-state index contributed by atoms with van der Waals surface area (Å²) < 4.78 is 0.448. The van der Waals surface area contributed by atoms with E-state index in [0.29, 0.717) is 10.1 Å². The van der Waals surface area contributed by atoms with E-state index in [1.54, 1.807) is 0 Å². The second kappa shape index (κ2) is 3.11. The second-order valence-corrected chi connectivity index (χ2v) is 3.94. The number of halogens is 1. The molecule has 0 amide bonds. The van der Waals surface area contributed by atoms with E-state index in [2.05, 4.69) is 0 Å². The number of benzene rings is 1. The number of aromatic hydroxyl groups is 1. The normalized spacial score (nSPS) is 10.6. The fourth-order valence-electron chi connectivity index (χ4n) is 1.19. The van der Waals surface area contributed by atoms with Gasteiger partial charge < -0.3 is 5.11 Å². The zero-order valence-corrected chi connectivity index (χ0v) is 8.30. The SMILES string of the molecule is O=[N+]([O-])c1csc2c(O)c(Cl)ccc12. The van der Waals surface area contributed by atoms with E-state index < -0.39 is 4.92 Å². The van der Waals surface area contributed by atoms with Crippen molar-refractivity contribution in [2.45, 2.75) is 0 Å². The molecule has 0 unspecified atom stereocenters. The van der Waals surface area contributed by atoms with Gasteiger partial charge in [-0.05, 0) is 12.1 Å². The van der Waals surface area contributed by atoms with Gasteiger partial charge in [0.05, 0.1) is 25.4 Å². The topological polar surface area (TPSA) is 63.4 Å². The van der Waals surface area contributed by atoms with Crippen molar-refractivity contribution in [2.24, 2.45) is 0 Å². The third-order valence-corrected chi connectivity index (χ3v) is 3.14. The fraction of sp³-hybridized carbons (Fsp3) is 0. The van der Waals surface area contributed by atoms with Crippen LogP contribution in [0.2, 0.25) is 5.02 Å². The first-order valence-electron chi connectivity index (χ1n) is 3.64. The van der Waals surface area contributed by atoms with E-state index >= 15 is 0 Å². The Kier molecular flexibility index (Phi) is 2.05. The van der Waals surface area contributed by atoms with Gasteiger partial charge in [-0.1, -0.05) is 11.6 Å². The van der Waals surface area contributed by atoms with Gasteiger partial charge in [0.2, 0.25) is 0 Å². The number of thiophene rings is 1. The van der Waals surface area contributed by atoms with E-state index in [4.69, 9.17) is 11.6 Å². The van der Waals surface area contributed by atoms with Crippen LogP contribution in [-0.4, -0.2) is 10.0 Å². The van der Waals surface area contributed by atoms with Crippen molar-refractivity contribution in [1.29, 1.82) is 0 Å². The maximum atomic E-state index is 10.6. The number of rotatable bonds is 1. The van der Waals surface area contributed by atoms with Gasteiger partial charge in [-0.15, -0.1) is 11.3 Å². The zero-order valence-electron chi connectivity index (χ0n) is 6.73. The molecule has 0 spiro atoms. The molecule has 1 heterocycles. The lowest BCUT2D eigenvalue weighted by Gasteiger charge is -1.96. The standard InChI is InChI=1S/C8H4ClNO3S/c9-5-2-1-4-6(10(12)13)3-14-8(4)7(5)11/h1-3,11H. The first-order chi connectivity index (χ1) is 6.61. The molecule has 0 aliphatic rings. The lowest BCUT2D eigenvalue weighted by atomic mass is 10.2. The van der Waals surface area contributed by atoms with Crippen molar-refractivity contribution >= 4 is 38.7 Å². The van der Waals surface area contributed by atoms with Gasteiger partial charge in [0.15, 0.2) is 5.75 Å². The average Bonchev–Trinajstić information content (AvgIpc) is 2.55. The maximum Gasteiger partial charge on any atom is 0.287 e. The molecule has 0 bridgehead atoms. The molecule has 1 aromatic carbocycles. The lowest BCUT2D eigenvalue weighted by Crippen LogP contribution is -1.84. The number of hydrogen-bond donors (Lipinski definition) is 1. The molecule has 0 radical (unpaired) electrons. The Bertz CT molecular complexity index is 523. The summed E-state index contributed by atoms with van der Waals surface area (Å²) in [6.07, 6.45) is 0. The largest absolute Gasteiger partial charge is 0.505 e. The summed E-state index contributed by atoms with van der Waals surface area (Å²) in [7, 11) is 0. The molecule has 1 N–H and O–H groups in total. The van der Waals surface area contributed by atoms with Gasteiger partial charge in [-0.3, -0.25) is 10.1 Å². The van der Waals surface area contributed by atoms with E-state index in [-0.39, 0.29) is 16.5 Å². The fourth-order valence-corrected chi connectivity index (χ4v) is 2.36. The molecular formula is C8H4ClNO3S. The van der Waals surface area contributed by atoms with Crippen LogP contribution in [-0.2, 0) is 0 Å². The van der Waals surface area contributed by atoms with Gasteiger partial charge in [0.25, 0.3) is 5.69 Å². The summed E-state index contributed by atoms with van der Waals surface area (Å²) in [5, 5.41) is 22.1. The third-order valence-electron chi connectivity index (χ3n) is 1.84. The summed E-state index contributed by atoms with van der Waals surface area (Å²) in [5.41, 5.74) is -0.00281. The van der Waals surface area contributed by atoms with E-state index in [1.165, 1.54) is 17.5 Å². The van der Waals surface area contributed by atoms with Crippen molar-refractivity contribution in [3.8, 4) is 5.75 Å². The van der Waals surface area contributed by atoms with Crippen LogP contribution < -0.4 is 0 Å². The minimum Gasteiger partial charge on any atom is -0.505 e. The number of nitrogens with zero attached hydrogens (tertiary/aromatic N) is 1. The van der Waals surface area contributed by atoms with Crippen LogP contribution in [0.25, 0.3) is 10.1 Å². The van der Waals surface area contributed by atoms with Gasteiger partial charge >= 0.3 is 0 Å². The molecule has 0 aliphatic carbocycles. The number of hydrogen-bond acceptors (Lipinski definition) is 4. The number of nitro groups is 1. The summed E-state index contributed by atoms with van der Waals surface area (Å²) in [6, 6.07) is 2.98. The van der Waals surface area contributed by atoms with E-state index in [1.807, 2.05) is 0 Å². The Morgan fingerprint density at radius 2 is 2.21 bits per heavy atom. The second-order valence-electron chi connectivity index (χ2n) is 2.65. The molecule has 6 heteroatoms. The van der Waals surface area contributed by atoms with Crippen molar-refractivity contribution in [1.82, 2.24) is 0 Å².